The molecule has 4 nitrogen and oxygen atoms in total. The van der Waals surface area contributed by atoms with E-state index in [2.05, 4.69) is 46.4 Å². The minimum absolute atomic E-state index is 0.0178. The number of rotatable bonds is 3. The van der Waals surface area contributed by atoms with Crippen molar-refractivity contribution >= 4 is 32.2 Å². The Morgan fingerprint density at radius 3 is 2.39 bits per heavy atom. The molecule has 1 saturated heterocycles. The van der Waals surface area contributed by atoms with Gasteiger partial charge in [-0.3, -0.25) is 4.79 Å². The number of piperazine rings is 1. The lowest BCUT2D eigenvalue weighted by Crippen LogP contribution is -2.44. The molecule has 1 aromatic carbocycles. The van der Waals surface area contributed by atoms with Crippen LogP contribution >= 0.6 is 22.6 Å². The quantitative estimate of drug-likeness (QED) is 0.510. The van der Waals surface area contributed by atoms with Crippen molar-refractivity contribution in [3.8, 4) is 0 Å². The van der Waals surface area contributed by atoms with Gasteiger partial charge in [0.05, 0.1) is 0 Å². The number of hydrogen-bond acceptors (Lipinski definition) is 3. The van der Waals surface area contributed by atoms with Crippen LogP contribution in [-0.2, 0) is 6.54 Å². The number of nitrogens with zero attached hydrogens (tertiary/aromatic N) is 2. The SMILES string of the molecule is CN1CCN(c2ccc(CNC(=O)I)cc2)CC1. The summed E-state index contributed by atoms with van der Waals surface area (Å²) in [7, 11) is 2.16. The molecule has 1 amide bonds. The van der Waals surface area contributed by atoms with Gasteiger partial charge in [-0.15, -0.1) is 0 Å². The van der Waals surface area contributed by atoms with Gasteiger partial charge in [0.25, 0.3) is 3.91 Å². The van der Waals surface area contributed by atoms with Crippen molar-refractivity contribution in [2.75, 3.05) is 38.1 Å². The van der Waals surface area contributed by atoms with E-state index in [-0.39, 0.29) is 3.91 Å². The van der Waals surface area contributed by atoms with Crippen molar-refractivity contribution in [3.63, 3.8) is 0 Å². The molecule has 0 atom stereocenters. The zero-order valence-corrected chi connectivity index (χ0v) is 12.7. The summed E-state index contributed by atoms with van der Waals surface area (Å²) >= 11 is 1.75. The molecule has 0 bridgehead atoms. The highest BCUT2D eigenvalue weighted by molar-refractivity contribution is 14.1. The Morgan fingerprint density at radius 1 is 1.22 bits per heavy atom. The molecule has 1 fully saturated rings. The number of anilines is 1. The highest BCUT2D eigenvalue weighted by atomic mass is 127. The molecule has 1 aliphatic rings. The van der Waals surface area contributed by atoms with Crippen LogP contribution in [0.2, 0.25) is 0 Å². The fourth-order valence-electron chi connectivity index (χ4n) is 2.06. The lowest BCUT2D eigenvalue weighted by Gasteiger charge is -2.34. The maximum Gasteiger partial charge on any atom is 0.280 e. The van der Waals surface area contributed by atoms with E-state index in [9.17, 15) is 4.79 Å². The summed E-state index contributed by atoms with van der Waals surface area (Å²) in [6.07, 6.45) is 0. The van der Waals surface area contributed by atoms with Crippen LogP contribution in [0.15, 0.2) is 24.3 Å². The van der Waals surface area contributed by atoms with Gasteiger partial charge in [0.1, 0.15) is 0 Å². The van der Waals surface area contributed by atoms with E-state index < -0.39 is 0 Å². The zero-order chi connectivity index (χ0) is 13.0. The second-order valence-electron chi connectivity index (χ2n) is 4.58. The van der Waals surface area contributed by atoms with E-state index in [4.69, 9.17) is 0 Å². The molecule has 0 saturated carbocycles. The molecule has 2 rings (SSSR count). The predicted molar refractivity (Wildman–Crippen MR) is 82.4 cm³/mol. The summed E-state index contributed by atoms with van der Waals surface area (Å²) in [6, 6.07) is 8.44. The Kier molecular flexibility index (Phi) is 4.82. The van der Waals surface area contributed by atoms with Crippen LogP contribution in [0.25, 0.3) is 0 Å². The van der Waals surface area contributed by atoms with Gasteiger partial charge in [0.15, 0.2) is 0 Å². The van der Waals surface area contributed by atoms with E-state index >= 15 is 0 Å². The smallest absolute Gasteiger partial charge is 0.280 e. The Hall–Kier alpha value is -0.820. The van der Waals surface area contributed by atoms with Crippen LogP contribution in [0.5, 0.6) is 0 Å². The van der Waals surface area contributed by atoms with Crippen molar-refractivity contribution < 1.29 is 4.79 Å². The fraction of sp³-hybridized carbons (Fsp3) is 0.462. The molecule has 1 aliphatic heterocycles. The second kappa shape index (κ2) is 6.38. The number of benzene rings is 1. The minimum atomic E-state index is -0.0178. The monoisotopic (exact) mass is 359 g/mol. The van der Waals surface area contributed by atoms with Gasteiger partial charge < -0.3 is 15.1 Å². The van der Waals surface area contributed by atoms with Gasteiger partial charge in [-0.2, -0.15) is 0 Å². The largest absolute Gasteiger partial charge is 0.369 e. The molecule has 1 heterocycles. The highest BCUT2D eigenvalue weighted by Crippen LogP contribution is 2.17. The van der Waals surface area contributed by atoms with Crippen LogP contribution in [0.4, 0.5) is 10.5 Å². The molecule has 0 aliphatic carbocycles. The van der Waals surface area contributed by atoms with Crippen LogP contribution in [0, 0.1) is 0 Å². The van der Waals surface area contributed by atoms with E-state index in [1.165, 1.54) is 5.69 Å². The van der Waals surface area contributed by atoms with Crippen LogP contribution < -0.4 is 10.2 Å². The van der Waals surface area contributed by atoms with E-state index in [1.807, 2.05) is 0 Å². The Bertz CT molecular complexity index is 399. The second-order valence-corrected chi connectivity index (χ2v) is 5.56. The molecular formula is C13H18IN3O. The lowest BCUT2D eigenvalue weighted by molar-refractivity contribution is 0.262. The number of carbonyl (C=O) groups is 1. The molecular weight excluding hydrogens is 341 g/mol. The van der Waals surface area contributed by atoms with Gasteiger partial charge in [0.2, 0.25) is 0 Å². The van der Waals surface area contributed by atoms with Gasteiger partial charge in [-0.05, 0) is 24.7 Å². The number of nitrogens with one attached hydrogen (secondary N) is 1. The molecule has 0 aromatic heterocycles. The van der Waals surface area contributed by atoms with E-state index in [0.29, 0.717) is 6.54 Å². The molecule has 1 aromatic rings. The number of halogens is 1. The van der Waals surface area contributed by atoms with Crippen molar-refractivity contribution in [3.05, 3.63) is 29.8 Å². The van der Waals surface area contributed by atoms with Crippen molar-refractivity contribution in [1.82, 2.24) is 10.2 Å². The van der Waals surface area contributed by atoms with Crippen LogP contribution in [-0.4, -0.2) is 42.0 Å². The topological polar surface area (TPSA) is 35.6 Å². The van der Waals surface area contributed by atoms with Crippen LogP contribution in [0.3, 0.4) is 0 Å². The Labute approximate surface area is 121 Å². The third-order valence-electron chi connectivity index (χ3n) is 3.24. The highest BCUT2D eigenvalue weighted by Gasteiger charge is 2.13. The Balaban J connectivity index is 1.93. The standard InChI is InChI=1S/C13H18IN3O/c1-16-6-8-17(9-7-16)12-4-2-11(3-5-12)10-15-13(14)18/h2-5H,6-10H2,1H3,(H,15,18). The first kappa shape index (κ1) is 13.6. The number of hydrogen-bond donors (Lipinski definition) is 1. The predicted octanol–water partition coefficient (Wildman–Crippen LogP) is 2.08. The molecule has 0 radical (unpaired) electrons. The first-order valence-electron chi connectivity index (χ1n) is 6.11. The minimum Gasteiger partial charge on any atom is -0.369 e. The Morgan fingerprint density at radius 2 is 1.83 bits per heavy atom. The number of carbonyl (C=O) groups excluding carboxylic acids is 1. The van der Waals surface area contributed by atoms with Crippen molar-refractivity contribution in [1.29, 1.82) is 0 Å². The molecule has 98 valence electrons. The number of amides is 1. The zero-order valence-electron chi connectivity index (χ0n) is 10.5. The van der Waals surface area contributed by atoms with E-state index in [0.717, 1.165) is 31.7 Å². The van der Waals surface area contributed by atoms with Crippen molar-refractivity contribution in [2.45, 2.75) is 6.54 Å². The maximum atomic E-state index is 10.8. The average molecular weight is 359 g/mol. The first-order chi connectivity index (χ1) is 8.65. The normalized spacial score (nSPS) is 16.7. The van der Waals surface area contributed by atoms with Gasteiger partial charge in [0, 0.05) is 61.0 Å². The fourth-order valence-corrected chi connectivity index (χ4v) is 2.25. The summed E-state index contributed by atoms with van der Waals surface area (Å²) < 4.78 is -0.0178. The summed E-state index contributed by atoms with van der Waals surface area (Å²) in [4.78, 5) is 15.6. The molecule has 18 heavy (non-hydrogen) atoms. The van der Waals surface area contributed by atoms with Crippen molar-refractivity contribution in [2.24, 2.45) is 0 Å². The average Bonchev–Trinajstić information content (AvgIpc) is 2.38. The summed E-state index contributed by atoms with van der Waals surface area (Å²) in [5.74, 6) is 0. The number of likely N-dealkylation sites (N-methyl/N-ethyl adjacent to an activating group) is 1. The summed E-state index contributed by atoms with van der Waals surface area (Å²) in [5, 5.41) is 2.79. The molecule has 0 spiro atoms. The molecule has 0 unspecified atom stereocenters. The van der Waals surface area contributed by atoms with Gasteiger partial charge in [-0.25, -0.2) is 0 Å². The van der Waals surface area contributed by atoms with Gasteiger partial charge >= 0.3 is 0 Å². The van der Waals surface area contributed by atoms with Gasteiger partial charge in [-0.1, -0.05) is 12.1 Å². The summed E-state index contributed by atoms with van der Waals surface area (Å²) in [5.41, 5.74) is 2.41. The van der Waals surface area contributed by atoms with Crippen LogP contribution in [0.1, 0.15) is 5.56 Å². The lowest BCUT2D eigenvalue weighted by atomic mass is 10.2. The first-order valence-corrected chi connectivity index (χ1v) is 7.19. The molecule has 5 heteroatoms. The van der Waals surface area contributed by atoms with E-state index in [1.54, 1.807) is 22.6 Å². The summed E-state index contributed by atoms with van der Waals surface area (Å²) in [6.45, 7) is 5.00. The third kappa shape index (κ3) is 3.84. The third-order valence-corrected chi connectivity index (χ3v) is 3.62. The maximum absolute atomic E-state index is 10.8. The molecule has 1 N–H and O–H groups in total.